The zero-order valence-electron chi connectivity index (χ0n) is 11.9. The molecule has 0 aliphatic heterocycles. The van der Waals surface area contributed by atoms with Crippen molar-refractivity contribution in [1.82, 2.24) is 9.97 Å². The molecule has 19 heavy (non-hydrogen) atoms. The summed E-state index contributed by atoms with van der Waals surface area (Å²) in [5.41, 5.74) is 5.31. The SMILES string of the molecule is CC(C)CN(CC(N)=O)c1cc(Br)nc(C(C)C)n1. The summed E-state index contributed by atoms with van der Waals surface area (Å²) in [7, 11) is 0. The molecular weight excluding hydrogens is 308 g/mol. The fourth-order valence-electron chi connectivity index (χ4n) is 1.71. The second kappa shape index (κ2) is 6.84. The van der Waals surface area contributed by atoms with Gasteiger partial charge in [-0.25, -0.2) is 9.97 Å². The molecule has 5 nitrogen and oxygen atoms in total. The molecule has 2 N–H and O–H groups in total. The predicted octanol–water partition coefficient (Wildman–Crippen LogP) is 2.31. The Bertz CT molecular complexity index is 448. The Morgan fingerprint density at radius 2 is 2.00 bits per heavy atom. The standard InChI is InChI=1S/C13H21BrN4O/c1-8(2)6-18(7-11(15)19)12-5-10(14)16-13(17-12)9(3)4/h5,8-9H,6-7H2,1-4H3,(H2,15,19). The van der Waals surface area contributed by atoms with E-state index in [1.807, 2.05) is 24.8 Å². The Kier molecular flexibility index (Phi) is 5.72. The first-order valence-electron chi connectivity index (χ1n) is 6.37. The number of rotatable bonds is 6. The molecule has 0 radical (unpaired) electrons. The van der Waals surface area contributed by atoms with Gasteiger partial charge in [-0.15, -0.1) is 0 Å². The highest BCUT2D eigenvalue weighted by Crippen LogP contribution is 2.21. The van der Waals surface area contributed by atoms with Gasteiger partial charge >= 0.3 is 0 Å². The number of amides is 1. The zero-order chi connectivity index (χ0) is 14.6. The average Bonchev–Trinajstić information content (AvgIpc) is 2.25. The second-order valence-corrected chi connectivity index (χ2v) is 6.11. The maximum atomic E-state index is 11.2. The third-order valence-electron chi connectivity index (χ3n) is 2.47. The van der Waals surface area contributed by atoms with Crippen molar-refractivity contribution in [1.29, 1.82) is 0 Å². The lowest BCUT2D eigenvalue weighted by atomic mass is 10.2. The Hall–Kier alpha value is -1.17. The molecule has 6 heteroatoms. The van der Waals surface area contributed by atoms with Crippen LogP contribution < -0.4 is 10.6 Å². The van der Waals surface area contributed by atoms with Gasteiger partial charge in [0.05, 0.1) is 6.54 Å². The molecule has 0 saturated carbocycles. The summed E-state index contributed by atoms with van der Waals surface area (Å²) in [6, 6.07) is 1.82. The van der Waals surface area contributed by atoms with E-state index < -0.39 is 0 Å². The summed E-state index contributed by atoms with van der Waals surface area (Å²) in [5, 5.41) is 0. The highest BCUT2D eigenvalue weighted by Gasteiger charge is 2.15. The highest BCUT2D eigenvalue weighted by atomic mass is 79.9. The fourth-order valence-corrected chi connectivity index (χ4v) is 2.10. The number of hydrogen-bond acceptors (Lipinski definition) is 4. The maximum absolute atomic E-state index is 11.2. The highest BCUT2D eigenvalue weighted by molar-refractivity contribution is 9.10. The quantitative estimate of drug-likeness (QED) is 0.813. The molecule has 1 amide bonds. The summed E-state index contributed by atoms with van der Waals surface area (Å²) < 4.78 is 0.722. The van der Waals surface area contributed by atoms with Crippen LogP contribution in [0.2, 0.25) is 0 Å². The molecule has 0 saturated heterocycles. The number of primary amides is 1. The van der Waals surface area contributed by atoms with E-state index in [0.29, 0.717) is 5.92 Å². The first-order valence-corrected chi connectivity index (χ1v) is 7.16. The molecule has 0 aliphatic rings. The van der Waals surface area contributed by atoms with E-state index >= 15 is 0 Å². The molecule has 0 bridgehead atoms. The smallest absolute Gasteiger partial charge is 0.236 e. The molecule has 0 spiro atoms. The average molecular weight is 329 g/mol. The van der Waals surface area contributed by atoms with E-state index in [0.717, 1.165) is 22.8 Å². The van der Waals surface area contributed by atoms with Crippen molar-refractivity contribution in [3.63, 3.8) is 0 Å². The van der Waals surface area contributed by atoms with Crippen molar-refractivity contribution >= 4 is 27.7 Å². The molecule has 1 aromatic rings. The number of carbonyl (C=O) groups is 1. The van der Waals surface area contributed by atoms with Crippen LogP contribution in [-0.2, 0) is 4.79 Å². The molecular formula is C13H21BrN4O. The molecule has 0 aromatic carbocycles. The largest absolute Gasteiger partial charge is 0.368 e. The van der Waals surface area contributed by atoms with Crippen molar-refractivity contribution in [2.75, 3.05) is 18.0 Å². The summed E-state index contributed by atoms with van der Waals surface area (Å²) in [6.07, 6.45) is 0. The number of anilines is 1. The van der Waals surface area contributed by atoms with Gasteiger partial charge in [0.1, 0.15) is 16.2 Å². The molecule has 0 aliphatic carbocycles. The molecule has 1 aromatic heterocycles. The number of halogens is 1. The van der Waals surface area contributed by atoms with Gasteiger partial charge in [-0.2, -0.15) is 0 Å². The van der Waals surface area contributed by atoms with Crippen LogP contribution in [0.25, 0.3) is 0 Å². The molecule has 1 rings (SSSR count). The van der Waals surface area contributed by atoms with Crippen LogP contribution in [0.4, 0.5) is 5.82 Å². The van der Waals surface area contributed by atoms with Crippen LogP contribution in [0.5, 0.6) is 0 Å². The third kappa shape index (κ3) is 5.14. The van der Waals surface area contributed by atoms with Crippen molar-refractivity contribution < 1.29 is 4.79 Å². The van der Waals surface area contributed by atoms with E-state index in [-0.39, 0.29) is 18.4 Å². The minimum Gasteiger partial charge on any atom is -0.368 e. The van der Waals surface area contributed by atoms with Crippen LogP contribution in [0.15, 0.2) is 10.7 Å². The Labute approximate surface area is 122 Å². The third-order valence-corrected chi connectivity index (χ3v) is 2.88. The number of nitrogens with two attached hydrogens (primary N) is 1. The fraction of sp³-hybridized carbons (Fsp3) is 0.615. The molecule has 0 fully saturated rings. The van der Waals surface area contributed by atoms with E-state index in [9.17, 15) is 4.79 Å². The van der Waals surface area contributed by atoms with Crippen molar-refractivity contribution in [3.8, 4) is 0 Å². The van der Waals surface area contributed by atoms with E-state index in [4.69, 9.17) is 5.73 Å². The van der Waals surface area contributed by atoms with E-state index in [1.165, 1.54) is 0 Å². The summed E-state index contributed by atoms with van der Waals surface area (Å²) in [5.74, 6) is 1.77. The number of hydrogen-bond donors (Lipinski definition) is 1. The van der Waals surface area contributed by atoms with E-state index in [1.54, 1.807) is 0 Å². The van der Waals surface area contributed by atoms with Crippen LogP contribution in [0.1, 0.15) is 39.4 Å². The van der Waals surface area contributed by atoms with Gasteiger partial charge in [0, 0.05) is 18.5 Å². The van der Waals surface area contributed by atoms with E-state index in [2.05, 4.69) is 39.7 Å². The Morgan fingerprint density at radius 1 is 1.37 bits per heavy atom. The van der Waals surface area contributed by atoms with Crippen LogP contribution in [0, 0.1) is 5.92 Å². The minimum atomic E-state index is -0.360. The van der Waals surface area contributed by atoms with Gasteiger partial charge in [-0.1, -0.05) is 27.7 Å². The second-order valence-electron chi connectivity index (χ2n) is 5.30. The van der Waals surface area contributed by atoms with Crippen molar-refractivity contribution in [2.24, 2.45) is 11.7 Å². The van der Waals surface area contributed by atoms with Gasteiger partial charge in [-0.05, 0) is 21.8 Å². The normalized spacial score (nSPS) is 11.1. The van der Waals surface area contributed by atoms with Crippen LogP contribution in [-0.4, -0.2) is 29.0 Å². The first-order chi connectivity index (χ1) is 8.79. The first kappa shape index (κ1) is 15.9. The number of carbonyl (C=O) groups excluding carboxylic acids is 1. The molecule has 0 atom stereocenters. The number of nitrogens with zero attached hydrogens (tertiary/aromatic N) is 3. The Balaban J connectivity index is 3.09. The molecule has 1 heterocycles. The topological polar surface area (TPSA) is 72.1 Å². The lowest BCUT2D eigenvalue weighted by molar-refractivity contribution is -0.116. The summed E-state index contributed by atoms with van der Waals surface area (Å²) in [6.45, 7) is 9.14. The van der Waals surface area contributed by atoms with Gasteiger partial charge in [0.2, 0.25) is 5.91 Å². The van der Waals surface area contributed by atoms with Gasteiger partial charge < -0.3 is 10.6 Å². The zero-order valence-corrected chi connectivity index (χ0v) is 13.4. The van der Waals surface area contributed by atoms with Gasteiger partial charge in [0.25, 0.3) is 0 Å². The van der Waals surface area contributed by atoms with Gasteiger partial charge in [0.15, 0.2) is 0 Å². The molecule has 106 valence electrons. The Morgan fingerprint density at radius 3 is 2.47 bits per heavy atom. The minimum absolute atomic E-state index is 0.166. The summed E-state index contributed by atoms with van der Waals surface area (Å²) in [4.78, 5) is 21.9. The summed E-state index contributed by atoms with van der Waals surface area (Å²) >= 11 is 3.39. The number of aromatic nitrogens is 2. The van der Waals surface area contributed by atoms with Crippen LogP contribution in [0.3, 0.4) is 0 Å². The van der Waals surface area contributed by atoms with Crippen LogP contribution >= 0.6 is 15.9 Å². The van der Waals surface area contributed by atoms with Crippen molar-refractivity contribution in [2.45, 2.75) is 33.6 Å². The predicted molar refractivity (Wildman–Crippen MR) is 80.1 cm³/mol. The lowest BCUT2D eigenvalue weighted by Crippen LogP contribution is -2.37. The maximum Gasteiger partial charge on any atom is 0.236 e. The van der Waals surface area contributed by atoms with Gasteiger partial charge in [-0.3, -0.25) is 4.79 Å². The molecule has 0 unspecified atom stereocenters. The van der Waals surface area contributed by atoms with Crippen molar-refractivity contribution in [3.05, 3.63) is 16.5 Å². The monoisotopic (exact) mass is 328 g/mol. The lowest BCUT2D eigenvalue weighted by Gasteiger charge is -2.25.